The molecule has 1 amide bonds. The second-order valence-corrected chi connectivity index (χ2v) is 4.95. The van der Waals surface area contributed by atoms with E-state index >= 15 is 0 Å². The van der Waals surface area contributed by atoms with Crippen molar-refractivity contribution in [2.45, 2.75) is 45.7 Å². The van der Waals surface area contributed by atoms with Crippen LogP contribution in [0.5, 0.6) is 0 Å². The second kappa shape index (κ2) is 6.60. The normalized spacial score (nSPS) is 12.4. The monoisotopic (exact) mass is 241 g/mol. The van der Waals surface area contributed by atoms with E-state index in [0.29, 0.717) is 13.0 Å². The summed E-state index contributed by atoms with van der Waals surface area (Å²) in [7, 11) is 0. The number of amides is 1. The maximum atomic E-state index is 11.5. The fourth-order valence-electron chi connectivity index (χ4n) is 1.35. The summed E-state index contributed by atoms with van der Waals surface area (Å²) in [5.74, 6) is 0.0912. The van der Waals surface area contributed by atoms with Gasteiger partial charge in [0.2, 0.25) is 5.91 Å². The van der Waals surface area contributed by atoms with Gasteiger partial charge in [-0.1, -0.05) is 0 Å². The van der Waals surface area contributed by atoms with E-state index in [1.165, 1.54) is 0 Å². The van der Waals surface area contributed by atoms with E-state index in [1.807, 2.05) is 13.8 Å². The van der Waals surface area contributed by atoms with Crippen LogP contribution in [0.4, 0.5) is 0 Å². The van der Waals surface area contributed by atoms with Crippen LogP contribution in [-0.4, -0.2) is 16.9 Å². The van der Waals surface area contributed by atoms with Crippen LogP contribution in [0.3, 0.4) is 0 Å². The van der Waals surface area contributed by atoms with Crippen LogP contribution in [-0.2, 0) is 11.3 Å². The third-order valence-corrected chi connectivity index (χ3v) is 3.29. The Morgan fingerprint density at radius 2 is 2.44 bits per heavy atom. The van der Waals surface area contributed by atoms with Gasteiger partial charge in [0.15, 0.2) is 0 Å². The summed E-state index contributed by atoms with van der Waals surface area (Å²) in [5.41, 5.74) is 8.41. The van der Waals surface area contributed by atoms with Crippen LogP contribution in [0.2, 0.25) is 0 Å². The van der Waals surface area contributed by atoms with Gasteiger partial charge in [-0.3, -0.25) is 4.79 Å². The third kappa shape index (κ3) is 4.72. The molecule has 0 radical (unpaired) electrons. The minimum atomic E-state index is 0.0912. The Kier molecular flexibility index (Phi) is 5.42. The fourth-order valence-corrected chi connectivity index (χ4v) is 2.06. The number of hydrogen-bond donors (Lipinski definition) is 2. The summed E-state index contributed by atoms with van der Waals surface area (Å²) in [6.45, 7) is 4.50. The number of carbonyl (C=O) groups excluding carboxylic acids is 1. The molecule has 1 rings (SSSR count). The Morgan fingerprint density at radius 3 is 3.00 bits per heavy atom. The zero-order valence-corrected chi connectivity index (χ0v) is 10.6. The van der Waals surface area contributed by atoms with E-state index in [0.717, 1.165) is 23.4 Å². The third-order valence-electron chi connectivity index (χ3n) is 2.35. The molecule has 1 aromatic rings. The number of rotatable bonds is 6. The Morgan fingerprint density at radius 1 is 1.69 bits per heavy atom. The summed E-state index contributed by atoms with van der Waals surface area (Å²) in [6, 6.07) is 0.177. The van der Waals surface area contributed by atoms with Gasteiger partial charge in [0.05, 0.1) is 17.7 Å². The molecule has 1 aromatic heterocycles. The fraction of sp³-hybridized carbons (Fsp3) is 0.636. The topological polar surface area (TPSA) is 68.0 Å². The van der Waals surface area contributed by atoms with Crippen molar-refractivity contribution >= 4 is 17.2 Å². The van der Waals surface area contributed by atoms with Crippen LogP contribution >= 0.6 is 11.3 Å². The lowest BCUT2D eigenvalue weighted by Gasteiger charge is -2.05. The van der Waals surface area contributed by atoms with Crippen molar-refractivity contribution in [3.63, 3.8) is 0 Å². The van der Waals surface area contributed by atoms with Gasteiger partial charge < -0.3 is 11.1 Å². The van der Waals surface area contributed by atoms with E-state index in [2.05, 4.69) is 10.3 Å². The van der Waals surface area contributed by atoms with Crippen molar-refractivity contribution in [2.24, 2.45) is 5.73 Å². The van der Waals surface area contributed by atoms with Gasteiger partial charge in [-0.05, 0) is 26.7 Å². The molecule has 0 aliphatic rings. The molecule has 0 saturated heterocycles. The molecule has 0 aliphatic carbocycles. The highest BCUT2D eigenvalue weighted by Gasteiger charge is 2.05. The Hall–Kier alpha value is -0.940. The first kappa shape index (κ1) is 13.1. The zero-order chi connectivity index (χ0) is 12.0. The summed E-state index contributed by atoms with van der Waals surface area (Å²) >= 11 is 1.57. The average molecular weight is 241 g/mol. The number of nitrogens with zero attached hydrogens (tertiary/aromatic N) is 1. The molecule has 1 unspecified atom stereocenters. The maximum absolute atomic E-state index is 11.5. The standard InChI is InChI=1S/C11H19N3OS/c1-8(12)4-3-5-11(15)13-6-10-9(2)14-7-16-10/h7-8H,3-6,12H2,1-2H3,(H,13,15). The molecule has 0 saturated carbocycles. The number of nitrogens with two attached hydrogens (primary N) is 1. The molecule has 16 heavy (non-hydrogen) atoms. The Labute approximate surface area is 100 Å². The molecule has 0 fully saturated rings. The van der Waals surface area contributed by atoms with E-state index in [4.69, 9.17) is 5.73 Å². The Balaban J connectivity index is 2.18. The van der Waals surface area contributed by atoms with Crippen molar-refractivity contribution in [1.29, 1.82) is 0 Å². The number of thiazole rings is 1. The molecular weight excluding hydrogens is 222 g/mol. The predicted octanol–water partition coefficient (Wildman–Crippen LogP) is 1.59. The van der Waals surface area contributed by atoms with E-state index < -0.39 is 0 Å². The van der Waals surface area contributed by atoms with Gasteiger partial charge in [0.1, 0.15) is 0 Å². The number of aryl methyl sites for hydroxylation is 1. The molecule has 1 heterocycles. The molecule has 0 aromatic carbocycles. The van der Waals surface area contributed by atoms with Crippen molar-refractivity contribution < 1.29 is 4.79 Å². The molecule has 5 heteroatoms. The highest BCUT2D eigenvalue weighted by Crippen LogP contribution is 2.11. The van der Waals surface area contributed by atoms with Gasteiger partial charge in [0.25, 0.3) is 0 Å². The molecule has 4 nitrogen and oxygen atoms in total. The zero-order valence-electron chi connectivity index (χ0n) is 9.82. The van der Waals surface area contributed by atoms with E-state index in [9.17, 15) is 4.79 Å². The highest BCUT2D eigenvalue weighted by atomic mass is 32.1. The van der Waals surface area contributed by atoms with E-state index in [-0.39, 0.29) is 11.9 Å². The highest BCUT2D eigenvalue weighted by molar-refractivity contribution is 7.09. The lowest BCUT2D eigenvalue weighted by molar-refractivity contribution is -0.121. The largest absolute Gasteiger partial charge is 0.351 e. The summed E-state index contributed by atoms with van der Waals surface area (Å²) < 4.78 is 0. The van der Waals surface area contributed by atoms with Gasteiger partial charge in [-0.15, -0.1) is 11.3 Å². The number of aromatic nitrogens is 1. The van der Waals surface area contributed by atoms with E-state index in [1.54, 1.807) is 16.8 Å². The molecule has 90 valence electrons. The van der Waals surface area contributed by atoms with Gasteiger partial charge in [-0.2, -0.15) is 0 Å². The summed E-state index contributed by atoms with van der Waals surface area (Å²) in [4.78, 5) is 16.7. The van der Waals surface area contributed by atoms with Gasteiger partial charge in [0, 0.05) is 17.3 Å². The Bertz CT molecular complexity index is 336. The molecule has 1 atom stereocenters. The number of nitrogens with one attached hydrogen (secondary N) is 1. The first-order valence-corrected chi connectivity index (χ1v) is 6.39. The summed E-state index contributed by atoms with van der Waals surface area (Å²) in [6.07, 6.45) is 2.30. The first-order valence-electron chi connectivity index (χ1n) is 5.51. The number of hydrogen-bond acceptors (Lipinski definition) is 4. The van der Waals surface area contributed by atoms with Crippen LogP contribution in [0.1, 0.15) is 36.8 Å². The van der Waals surface area contributed by atoms with Crippen LogP contribution < -0.4 is 11.1 Å². The van der Waals surface area contributed by atoms with Gasteiger partial charge >= 0.3 is 0 Å². The molecule has 0 bridgehead atoms. The average Bonchev–Trinajstić information content (AvgIpc) is 2.60. The maximum Gasteiger partial charge on any atom is 0.220 e. The molecular formula is C11H19N3OS. The molecule has 3 N–H and O–H groups in total. The van der Waals surface area contributed by atoms with Crippen molar-refractivity contribution in [1.82, 2.24) is 10.3 Å². The van der Waals surface area contributed by atoms with Crippen LogP contribution in [0, 0.1) is 6.92 Å². The minimum absolute atomic E-state index is 0.0912. The predicted molar refractivity (Wildman–Crippen MR) is 66.2 cm³/mol. The molecule has 0 aliphatic heterocycles. The van der Waals surface area contributed by atoms with Crippen LogP contribution in [0.15, 0.2) is 5.51 Å². The number of carbonyl (C=O) groups is 1. The second-order valence-electron chi connectivity index (χ2n) is 4.01. The van der Waals surface area contributed by atoms with Crippen molar-refractivity contribution in [3.05, 3.63) is 16.1 Å². The smallest absolute Gasteiger partial charge is 0.220 e. The van der Waals surface area contributed by atoms with Crippen LogP contribution in [0.25, 0.3) is 0 Å². The lowest BCUT2D eigenvalue weighted by Crippen LogP contribution is -2.23. The van der Waals surface area contributed by atoms with Gasteiger partial charge in [-0.25, -0.2) is 4.98 Å². The molecule has 0 spiro atoms. The lowest BCUT2D eigenvalue weighted by atomic mass is 10.1. The first-order chi connectivity index (χ1) is 7.59. The summed E-state index contributed by atoms with van der Waals surface area (Å²) in [5, 5.41) is 2.89. The SMILES string of the molecule is Cc1ncsc1CNC(=O)CCCC(C)N. The van der Waals surface area contributed by atoms with Crippen molar-refractivity contribution in [2.75, 3.05) is 0 Å². The quantitative estimate of drug-likeness (QED) is 0.794. The minimum Gasteiger partial charge on any atom is -0.351 e. The van der Waals surface area contributed by atoms with Crippen molar-refractivity contribution in [3.8, 4) is 0 Å².